The first-order chi connectivity index (χ1) is 17.5. The highest BCUT2D eigenvalue weighted by molar-refractivity contribution is 6.02. The minimum atomic E-state index is -0.346. The van der Waals surface area contributed by atoms with Gasteiger partial charge in [-0.15, -0.1) is 5.10 Å². The van der Waals surface area contributed by atoms with Crippen molar-refractivity contribution in [3.05, 3.63) is 90.3 Å². The summed E-state index contributed by atoms with van der Waals surface area (Å²) < 4.78 is 7.66. The molecule has 8 heteroatoms. The number of nitrogens with one attached hydrogen (secondary N) is 1. The van der Waals surface area contributed by atoms with Crippen LogP contribution in [0.4, 0.5) is 5.69 Å². The van der Waals surface area contributed by atoms with Crippen LogP contribution in [0.25, 0.3) is 11.1 Å². The molecule has 36 heavy (non-hydrogen) atoms. The molecule has 0 bridgehead atoms. The van der Waals surface area contributed by atoms with E-state index in [1.165, 1.54) is 4.68 Å². The molecule has 1 amide bonds. The number of aromatic nitrogens is 3. The van der Waals surface area contributed by atoms with E-state index in [-0.39, 0.29) is 23.5 Å². The van der Waals surface area contributed by atoms with E-state index in [2.05, 4.69) is 39.7 Å². The number of phenols is 1. The summed E-state index contributed by atoms with van der Waals surface area (Å²) in [5, 5.41) is 20.7. The van der Waals surface area contributed by atoms with Gasteiger partial charge in [0.05, 0.1) is 12.7 Å². The third-order valence-electron chi connectivity index (χ3n) is 6.39. The molecule has 1 aromatic heterocycles. The van der Waals surface area contributed by atoms with Crippen LogP contribution in [0.3, 0.4) is 0 Å². The first kappa shape index (κ1) is 23.6. The number of benzene rings is 3. The molecule has 0 radical (unpaired) electrons. The zero-order valence-corrected chi connectivity index (χ0v) is 20.2. The van der Waals surface area contributed by atoms with Crippen LogP contribution < -0.4 is 10.1 Å². The zero-order chi connectivity index (χ0) is 24.9. The monoisotopic (exact) mass is 483 g/mol. The number of hydrogen-bond donors (Lipinski definition) is 2. The van der Waals surface area contributed by atoms with Gasteiger partial charge in [-0.2, -0.15) is 0 Å². The van der Waals surface area contributed by atoms with Gasteiger partial charge in [-0.1, -0.05) is 47.7 Å². The summed E-state index contributed by atoms with van der Waals surface area (Å²) in [7, 11) is 2.15. The Kier molecular flexibility index (Phi) is 6.95. The second-order valence-electron chi connectivity index (χ2n) is 9.11. The van der Waals surface area contributed by atoms with Crippen LogP contribution in [0.2, 0.25) is 0 Å². The van der Waals surface area contributed by atoms with E-state index in [1.807, 2.05) is 42.5 Å². The number of likely N-dealkylation sites (tertiary alicyclic amines) is 1. The van der Waals surface area contributed by atoms with Gasteiger partial charge in [0.15, 0.2) is 5.69 Å². The molecule has 0 spiro atoms. The first-order valence-corrected chi connectivity index (χ1v) is 12.1. The second-order valence-corrected chi connectivity index (χ2v) is 9.11. The van der Waals surface area contributed by atoms with Crippen molar-refractivity contribution < 1.29 is 14.6 Å². The van der Waals surface area contributed by atoms with Crippen molar-refractivity contribution in [3.8, 4) is 22.6 Å². The summed E-state index contributed by atoms with van der Waals surface area (Å²) in [6.45, 7) is 2.47. The van der Waals surface area contributed by atoms with Gasteiger partial charge in [0.1, 0.15) is 17.6 Å². The lowest BCUT2D eigenvalue weighted by Crippen LogP contribution is -2.35. The molecule has 3 aromatic carbocycles. The van der Waals surface area contributed by atoms with Crippen molar-refractivity contribution in [1.29, 1.82) is 0 Å². The summed E-state index contributed by atoms with van der Waals surface area (Å²) >= 11 is 0. The van der Waals surface area contributed by atoms with Crippen LogP contribution in [-0.2, 0) is 6.54 Å². The van der Waals surface area contributed by atoms with Gasteiger partial charge in [0, 0.05) is 24.3 Å². The van der Waals surface area contributed by atoms with Gasteiger partial charge >= 0.3 is 0 Å². The molecule has 1 fully saturated rings. The first-order valence-electron chi connectivity index (χ1n) is 12.1. The molecule has 1 aliphatic heterocycles. The molecule has 2 heterocycles. The smallest absolute Gasteiger partial charge is 0.277 e. The average molecular weight is 484 g/mol. The lowest BCUT2D eigenvalue weighted by atomic mass is 10.0. The number of para-hydroxylation sites is 1. The maximum absolute atomic E-state index is 12.6. The number of carbonyl (C=O) groups excluding carboxylic acids is 1. The largest absolute Gasteiger partial charge is 0.508 e. The fourth-order valence-corrected chi connectivity index (χ4v) is 4.26. The summed E-state index contributed by atoms with van der Waals surface area (Å²) in [5.74, 6) is 0.730. The van der Waals surface area contributed by atoms with Gasteiger partial charge in [-0.3, -0.25) is 4.79 Å². The SMILES string of the molecule is CN1CCC(Oc2ccc(-c3ccc(NC(=O)c4cn(Cc5ccccc5O)nn4)cc3)cc2)CC1. The predicted molar refractivity (Wildman–Crippen MR) is 138 cm³/mol. The Hall–Kier alpha value is -4.17. The Bertz CT molecular complexity index is 1310. The maximum atomic E-state index is 12.6. The molecular formula is C28H29N5O3. The van der Waals surface area contributed by atoms with E-state index in [1.54, 1.807) is 24.4 Å². The molecule has 5 rings (SSSR count). The predicted octanol–water partition coefficient (Wildman–Crippen LogP) is 4.42. The fraction of sp³-hybridized carbons (Fsp3) is 0.250. The zero-order valence-electron chi connectivity index (χ0n) is 20.2. The third kappa shape index (κ3) is 5.72. The van der Waals surface area contributed by atoms with Crippen LogP contribution in [0.15, 0.2) is 79.0 Å². The number of phenolic OH excluding ortho intramolecular Hbond substituents is 1. The molecule has 184 valence electrons. The van der Waals surface area contributed by atoms with Gasteiger partial charge in [0.25, 0.3) is 5.91 Å². The van der Waals surface area contributed by atoms with Crippen molar-refractivity contribution in [2.45, 2.75) is 25.5 Å². The Morgan fingerprint density at radius 2 is 1.67 bits per heavy atom. The van der Waals surface area contributed by atoms with Gasteiger partial charge < -0.3 is 20.1 Å². The fourth-order valence-electron chi connectivity index (χ4n) is 4.26. The number of ether oxygens (including phenoxy) is 1. The number of anilines is 1. The van der Waals surface area contributed by atoms with Crippen molar-refractivity contribution in [3.63, 3.8) is 0 Å². The van der Waals surface area contributed by atoms with E-state index in [9.17, 15) is 9.90 Å². The minimum Gasteiger partial charge on any atom is -0.508 e. The molecule has 0 unspecified atom stereocenters. The standard InChI is InChI=1S/C28H29N5O3/c1-32-16-14-25(15-17-32)36-24-12-8-21(9-13-24)20-6-10-23(11-7-20)29-28(35)26-19-33(31-30-26)18-22-4-2-3-5-27(22)34/h2-13,19,25,34H,14-18H2,1H3,(H,29,35). The van der Waals surface area contributed by atoms with Crippen LogP contribution in [0, 0.1) is 0 Å². The third-order valence-corrected chi connectivity index (χ3v) is 6.39. The number of carbonyl (C=O) groups is 1. The molecule has 2 N–H and O–H groups in total. The highest BCUT2D eigenvalue weighted by atomic mass is 16.5. The lowest BCUT2D eigenvalue weighted by molar-refractivity contribution is 0.102. The van der Waals surface area contributed by atoms with Crippen LogP contribution in [0.1, 0.15) is 28.9 Å². The Balaban J connectivity index is 1.17. The molecule has 8 nitrogen and oxygen atoms in total. The summed E-state index contributed by atoms with van der Waals surface area (Å²) in [6.07, 6.45) is 3.95. The summed E-state index contributed by atoms with van der Waals surface area (Å²) in [4.78, 5) is 15.0. The van der Waals surface area contributed by atoms with E-state index in [4.69, 9.17) is 4.74 Å². The van der Waals surface area contributed by atoms with Crippen molar-refractivity contribution in [2.24, 2.45) is 0 Å². The topological polar surface area (TPSA) is 92.5 Å². The summed E-state index contributed by atoms with van der Waals surface area (Å²) in [6, 6.07) is 22.8. The highest BCUT2D eigenvalue weighted by Crippen LogP contribution is 2.26. The van der Waals surface area contributed by atoms with Gasteiger partial charge in [0.2, 0.25) is 0 Å². The van der Waals surface area contributed by atoms with Crippen molar-refractivity contribution in [1.82, 2.24) is 19.9 Å². The molecule has 0 aliphatic carbocycles. The Morgan fingerprint density at radius 3 is 2.36 bits per heavy atom. The maximum Gasteiger partial charge on any atom is 0.277 e. The number of amides is 1. The minimum absolute atomic E-state index is 0.179. The van der Waals surface area contributed by atoms with E-state index in [0.717, 1.165) is 42.8 Å². The number of rotatable bonds is 7. The highest BCUT2D eigenvalue weighted by Gasteiger charge is 2.18. The van der Waals surface area contributed by atoms with E-state index >= 15 is 0 Å². The average Bonchev–Trinajstić information content (AvgIpc) is 3.37. The molecule has 1 saturated heterocycles. The van der Waals surface area contributed by atoms with Crippen LogP contribution in [0.5, 0.6) is 11.5 Å². The van der Waals surface area contributed by atoms with Crippen LogP contribution in [-0.4, -0.2) is 57.1 Å². The number of piperidine rings is 1. The normalized spacial score (nSPS) is 14.5. The second kappa shape index (κ2) is 10.6. The van der Waals surface area contributed by atoms with Gasteiger partial charge in [-0.05, 0) is 61.3 Å². The number of aromatic hydroxyl groups is 1. The summed E-state index contributed by atoms with van der Waals surface area (Å²) in [5.41, 5.74) is 3.70. The molecule has 0 saturated carbocycles. The van der Waals surface area contributed by atoms with E-state index in [0.29, 0.717) is 17.8 Å². The molecule has 4 aromatic rings. The van der Waals surface area contributed by atoms with Gasteiger partial charge in [-0.25, -0.2) is 4.68 Å². The van der Waals surface area contributed by atoms with E-state index < -0.39 is 0 Å². The van der Waals surface area contributed by atoms with Crippen molar-refractivity contribution in [2.75, 3.05) is 25.5 Å². The molecular weight excluding hydrogens is 454 g/mol. The van der Waals surface area contributed by atoms with Crippen molar-refractivity contribution >= 4 is 11.6 Å². The van der Waals surface area contributed by atoms with Crippen LogP contribution >= 0.6 is 0 Å². The Labute approximate surface area is 210 Å². The quantitative estimate of drug-likeness (QED) is 0.404. The Morgan fingerprint density at radius 1 is 1.00 bits per heavy atom. The molecule has 1 aliphatic rings. The number of nitrogens with zero attached hydrogens (tertiary/aromatic N) is 4. The lowest BCUT2D eigenvalue weighted by Gasteiger charge is -2.29. The molecule has 0 atom stereocenters. The number of hydrogen-bond acceptors (Lipinski definition) is 6.